The number of morpholine rings is 1. The van der Waals surface area contributed by atoms with Crippen LogP contribution in [0.5, 0.6) is 0 Å². The standard InChI is InChI=1S/C15H16BrN3O2/c16-11-6-10-2-1-3-13(15(10)18-8-11)19-14(20)7-12-9-21-5-4-17-12/h1-3,6,8,12,17H,4-5,7,9H2,(H,19,20). The largest absolute Gasteiger partial charge is 0.378 e. The molecule has 0 spiro atoms. The first-order valence-electron chi connectivity index (χ1n) is 6.87. The van der Waals surface area contributed by atoms with E-state index in [1.807, 2.05) is 24.3 Å². The minimum atomic E-state index is -0.0322. The highest BCUT2D eigenvalue weighted by Crippen LogP contribution is 2.24. The lowest BCUT2D eigenvalue weighted by atomic mass is 10.1. The maximum Gasteiger partial charge on any atom is 0.226 e. The van der Waals surface area contributed by atoms with Crippen molar-refractivity contribution >= 4 is 38.4 Å². The second-order valence-corrected chi connectivity index (χ2v) is 5.92. The Hall–Kier alpha value is -1.50. The lowest BCUT2D eigenvalue weighted by molar-refractivity contribution is -0.117. The zero-order valence-electron chi connectivity index (χ0n) is 11.4. The molecule has 2 N–H and O–H groups in total. The number of pyridine rings is 1. The van der Waals surface area contributed by atoms with Crippen LogP contribution in [-0.2, 0) is 9.53 Å². The van der Waals surface area contributed by atoms with Gasteiger partial charge >= 0.3 is 0 Å². The molecule has 2 aromatic rings. The van der Waals surface area contributed by atoms with Crippen LogP contribution in [0.3, 0.4) is 0 Å². The minimum Gasteiger partial charge on any atom is -0.378 e. The minimum absolute atomic E-state index is 0.0322. The first-order valence-corrected chi connectivity index (χ1v) is 7.67. The number of carbonyl (C=O) groups excluding carboxylic acids is 1. The van der Waals surface area contributed by atoms with E-state index < -0.39 is 0 Å². The highest BCUT2D eigenvalue weighted by atomic mass is 79.9. The molecule has 110 valence electrons. The molecule has 21 heavy (non-hydrogen) atoms. The highest BCUT2D eigenvalue weighted by molar-refractivity contribution is 9.10. The summed E-state index contributed by atoms with van der Waals surface area (Å²) in [5, 5.41) is 7.20. The molecule has 1 amide bonds. The van der Waals surface area contributed by atoms with Crippen LogP contribution in [-0.4, -0.2) is 36.7 Å². The van der Waals surface area contributed by atoms with Crippen LogP contribution < -0.4 is 10.6 Å². The molecular formula is C15H16BrN3O2. The van der Waals surface area contributed by atoms with E-state index in [1.165, 1.54) is 0 Å². The molecule has 1 unspecified atom stereocenters. The number of carbonyl (C=O) groups is 1. The Morgan fingerprint density at radius 2 is 2.43 bits per heavy atom. The van der Waals surface area contributed by atoms with Gasteiger partial charge < -0.3 is 15.4 Å². The fraction of sp³-hybridized carbons (Fsp3) is 0.333. The number of rotatable bonds is 3. The number of anilines is 1. The maximum atomic E-state index is 12.1. The van der Waals surface area contributed by atoms with Crippen molar-refractivity contribution in [3.63, 3.8) is 0 Å². The Morgan fingerprint density at radius 3 is 3.24 bits per heavy atom. The number of benzene rings is 1. The molecule has 0 saturated carbocycles. The van der Waals surface area contributed by atoms with Crippen molar-refractivity contribution in [2.24, 2.45) is 0 Å². The first-order chi connectivity index (χ1) is 10.2. The summed E-state index contributed by atoms with van der Waals surface area (Å²) in [5.74, 6) is -0.0322. The van der Waals surface area contributed by atoms with Crippen molar-refractivity contribution in [1.29, 1.82) is 0 Å². The van der Waals surface area contributed by atoms with Crippen LogP contribution in [0.15, 0.2) is 34.9 Å². The lowest BCUT2D eigenvalue weighted by Crippen LogP contribution is -2.43. The maximum absolute atomic E-state index is 12.1. The van der Waals surface area contributed by atoms with Gasteiger partial charge in [0.2, 0.25) is 5.91 Å². The number of amides is 1. The van der Waals surface area contributed by atoms with Gasteiger partial charge in [-0.3, -0.25) is 9.78 Å². The normalized spacial score (nSPS) is 18.6. The average molecular weight is 350 g/mol. The van der Waals surface area contributed by atoms with E-state index in [2.05, 4.69) is 31.5 Å². The third-order valence-electron chi connectivity index (χ3n) is 3.38. The molecule has 3 rings (SSSR count). The van der Waals surface area contributed by atoms with Crippen molar-refractivity contribution in [2.75, 3.05) is 25.1 Å². The third-order valence-corrected chi connectivity index (χ3v) is 3.82. The van der Waals surface area contributed by atoms with Crippen molar-refractivity contribution in [3.05, 3.63) is 34.9 Å². The number of aromatic nitrogens is 1. The van der Waals surface area contributed by atoms with E-state index >= 15 is 0 Å². The molecule has 1 saturated heterocycles. The molecule has 1 aliphatic rings. The van der Waals surface area contributed by atoms with Crippen molar-refractivity contribution in [1.82, 2.24) is 10.3 Å². The van der Waals surface area contributed by atoms with Crippen LogP contribution in [0.1, 0.15) is 6.42 Å². The number of hydrogen-bond donors (Lipinski definition) is 2. The van der Waals surface area contributed by atoms with Gasteiger partial charge in [-0.15, -0.1) is 0 Å². The number of para-hydroxylation sites is 1. The predicted molar refractivity (Wildman–Crippen MR) is 85.3 cm³/mol. The van der Waals surface area contributed by atoms with Gasteiger partial charge in [0.1, 0.15) is 0 Å². The Kier molecular flexibility index (Phi) is 4.48. The molecule has 6 heteroatoms. The summed E-state index contributed by atoms with van der Waals surface area (Å²) in [4.78, 5) is 16.5. The molecule has 1 aromatic heterocycles. The van der Waals surface area contributed by atoms with Gasteiger partial charge in [0.15, 0.2) is 0 Å². The molecule has 0 radical (unpaired) electrons. The third kappa shape index (κ3) is 3.58. The molecule has 1 aromatic carbocycles. The second-order valence-electron chi connectivity index (χ2n) is 5.01. The van der Waals surface area contributed by atoms with Crippen LogP contribution >= 0.6 is 15.9 Å². The van der Waals surface area contributed by atoms with E-state index in [1.54, 1.807) is 6.20 Å². The summed E-state index contributed by atoms with van der Waals surface area (Å²) in [6.07, 6.45) is 2.13. The number of ether oxygens (including phenoxy) is 1. The zero-order valence-corrected chi connectivity index (χ0v) is 13.0. The van der Waals surface area contributed by atoms with Crippen LogP contribution in [0.2, 0.25) is 0 Å². The van der Waals surface area contributed by atoms with Gasteiger partial charge in [0.25, 0.3) is 0 Å². The van der Waals surface area contributed by atoms with E-state index in [-0.39, 0.29) is 11.9 Å². The number of halogens is 1. The molecule has 1 fully saturated rings. The Labute approximate surface area is 131 Å². The molecule has 5 nitrogen and oxygen atoms in total. The molecule has 0 aliphatic carbocycles. The lowest BCUT2D eigenvalue weighted by Gasteiger charge is -2.23. The van der Waals surface area contributed by atoms with Gasteiger partial charge in [-0.25, -0.2) is 0 Å². The van der Waals surface area contributed by atoms with E-state index in [0.29, 0.717) is 19.6 Å². The second kappa shape index (κ2) is 6.51. The Balaban J connectivity index is 1.73. The Bertz CT molecular complexity index is 656. The van der Waals surface area contributed by atoms with Gasteiger partial charge in [0, 0.05) is 35.1 Å². The molecular weight excluding hydrogens is 334 g/mol. The summed E-state index contributed by atoms with van der Waals surface area (Å²) in [5.41, 5.74) is 1.53. The number of nitrogens with one attached hydrogen (secondary N) is 2. The molecule has 1 aliphatic heterocycles. The smallest absolute Gasteiger partial charge is 0.226 e. The first kappa shape index (κ1) is 14.4. The van der Waals surface area contributed by atoms with Gasteiger partial charge in [0.05, 0.1) is 24.4 Å². The van der Waals surface area contributed by atoms with Crippen LogP contribution in [0.25, 0.3) is 10.9 Å². The van der Waals surface area contributed by atoms with Gasteiger partial charge in [-0.1, -0.05) is 12.1 Å². The van der Waals surface area contributed by atoms with Crippen molar-refractivity contribution in [3.8, 4) is 0 Å². The van der Waals surface area contributed by atoms with Gasteiger partial charge in [-0.05, 0) is 28.1 Å². The van der Waals surface area contributed by atoms with Crippen LogP contribution in [0, 0.1) is 0 Å². The molecule has 0 bridgehead atoms. The van der Waals surface area contributed by atoms with Crippen molar-refractivity contribution < 1.29 is 9.53 Å². The molecule has 1 atom stereocenters. The highest BCUT2D eigenvalue weighted by Gasteiger charge is 2.17. The Morgan fingerprint density at radius 1 is 1.52 bits per heavy atom. The quantitative estimate of drug-likeness (QED) is 0.892. The monoisotopic (exact) mass is 349 g/mol. The van der Waals surface area contributed by atoms with E-state index in [0.717, 1.165) is 27.6 Å². The summed E-state index contributed by atoms with van der Waals surface area (Å²) < 4.78 is 6.28. The van der Waals surface area contributed by atoms with E-state index in [4.69, 9.17) is 4.74 Å². The van der Waals surface area contributed by atoms with Crippen molar-refractivity contribution in [2.45, 2.75) is 12.5 Å². The number of nitrogens with zero attached hydrogens (tertiary/aromatic N) is 1. The summed E-state index contributed by atoms with van der Waals surface area (Å²) in [7, 11) is 0. The summed E-state index contributed by atoms with van der Waals surface area (Å²) in [6, 6.07) is 7.81. The fourth-order valence-corrected chi connectivity index (χ4v) is 2.76. The van der Waals surface area contributed by atoms with Crippen LogP contribution in [0.4, 0.5) is 5.69 Å². The summed E-state index contributed by atoms with van der Waals surface area (Å²) in [6.45, 7) is 2.08. The average Bonchev–Trinajstić information content (AvgIpc) is 2.48. The summed E-state index contributed by atoms with van der Waals surface area (Å²) >= 11 is 3.40. The topological polar surface area (TPSA) is 63.2 Å². The van der Waals surface area contributed by atoms with E-state index in [9.17, 15) is 4.79 Å². The SMILES string of the molecule is O=C(CC1COCCN1)Nc1cccc2cc(Br)cnc12. The number of fused-ring (bicyclic) bond motifs is 1. The zero-order chi connectivity index (χ0) is 14.7. The molecule has 2 heterocycles. The number of hydrogen-bond acceptors (Lipinski definition) is 4. The fourth-order valence-electron chi connectivity index (χ4n) is 2.41. The predicted octanol–water partition coefficient (Wildman–Crippen LogP) is 2.31. The van der Waals surface area contributed by atoms with Gasteiger partial charge in [-0.2, -0.15) is 0 Å².